The standard InChI is InChI=1S/C14H17ClO/c1-3-4-5-6-7-8-12-9-10-14(16-2)13(15)11-12/h9-11H,3-4,7-8H2,1-2H3. The van der Waals surface area contributed by atoms with Crippen LogP contribution < -0.4 is 4.74 Å². The number of halogens is 1. The van der Waals surface area contributed by atoms with E-state index in [9.17, 15) is 0 Å². The van der Waals surface area contributed by atoms with Gasteiger partial charge in [-0.3, -0.25) is 0 Å². The Balaban J connectivity index is 2.50. The molecule has 0 aliphatic carbocycles. The third kappa shape index (κ3) is 4.16. The second-order valence-electron chi connectivity index (χ2n) is 3.57. The molecule has 0 unspecified atom stereocenters. The first kappa shape index (κ1) is 12.9. The van der Waals surface area contributed by atoms with Crippen LogP contribution >= 0.6 is 11.6 Å². The lowest BCUT2D eigenvalue weighted by molar-refractivity contribution is 0.415. The third-order valence-corrected chi connectivity index (χ3v) is 2.55. The number of hydrogen-bond donors (Lipinski definition) is 0. The van der Waals surface area contributed by atoms with Gasteiger partial charge in [-0.05, 0) is 30.5 Å². The summed E-state index contributed by atoms with van der Waals surface area (Å²) in [7, 11) is 1.62. The molecule has 0 saturated carbocycles. The van der Waals surface area contributed by atoms with E-state index in [4.69, 9.17) is 16.3 Å². The van der Waals surface area contributed by atoms with Gasteiger partial charge in [-0.1, -0.05) is 24.6 Å². The normalized spacial score (nSPS) is 9.44. The highest BCUT2D eigenvalue weighted by molar-refractivity contribution is 6.32. The zero-order chi connectivity index (χ0) is 11.8. The first-order valence-corrected chi connectivity index (χ1v) is 5.94. The molecule has 0 aromatic heterocycles. The molecule has 86 valence electrons. The van der Waals surface area contributed by atoms with Crippen LogP contribution in [0.1, 0.15) is 31.7 Å². The highest BCUT2D eigenvalue weighted by Gasteiger charge is 2.00. The number of aryl methyl sites for hydroxylation is 1. The lowest BCUT2D eigenvalue weighted by Gasteiger charge is -2.04. The van der Waals surface area contributed by atoms with E-state index in [0.717, 1.165) is 31.4 Å². The van der Waals surface area contributed by atoms with Gasteiger partial charge in [-0.15, -0.1) is 11.8 Å². The van der Waals surface area contributed by atoms with Gasteiger partial charge >= 0.3 is 0 Å². The molecule has 1 aromatic rings. The van der Waals surface area contributed by atoms with E-state index in [-0.39, 0.29) is 0 Å². The van der Waals surface area contributed by atoms with Crippen molar-refractivity contribution in [3.8, 4) is 17.6 Å². The molecule has 2 heteroatoms. The van der Waals surface area contributed by atoms with Crippen molar-refractivity contribution >= 4 is 11.6 Å². The van der Waals surface area contributed by atoms with Crippen LogP contribution in [-0.4, -0.2) is 7.11 Å². The molecule has 0 N–H and O–H groups in total. The molecule has 16 heavy (non-hydrogen) atoms. The Kier molecular flexibility index (Phi) is 5.82. The summed E-state index contributed by atoms with van der Waals surface area (Å²) in [6, 6.07) is 5.88. The van der Waals surface area contributed by atoms with Crippen LogP contribution in [0.3, 0.4) is 0 Å². The maximum atomic E-state index is 6.03. The quantitative estimate of drug-likeness (QED) is 0.716. The van der Waals surface area contributed by atoms with Crippen LogP contribution in [0.5, 0.6) is 5.75 Å². The summed E-state index contributed by atoms with van der Waals surface area (Å²) in [6.45, 7) is 2.14. The summed E-state index contributed by atoms with van der Waals surface area (Å²) >= 11 is 6.03. The number of unbranched alkanes of at least 4 members (excludes halogenated alkanes) is 1. The molecule has 0 bridgehead atoms. The lowest BCUT2D eigenvalue weighted by Crippen LogP contribution is -1.87. The van der Waals surface area contributed by atoms with E-state index in [1.54, 1.807) is 7.11 Å². The summed E-state index contributed by atoms with van der Waals surface area (Å²) in [5.41, 5.74) is 1.21. The average molecular weight is 237 g/mol. The van der Waals surface area contributed by atoms with Gasteiger partial charge in [0, 0.05) is 12.8 Å². The largest absolute Gasteiger partial charge is 0.495 e. The zero-order valence-corrected chi connectivity index (χ0v) is 10.6. The predicted octanol–water partition coefficient (Wildman–Crippen LogP) is 4.08. The molecule has 0 aliphatic heterocycles. The molecular formula is C14H17ClO. The summed E-state index contributed by atoms with van der Waals surface area (Å²) in [6.07, 6.45) is 3.95. The highest BCUT2D eigenvalue weighted by atomic mass is 35.5. The maximum Gasteiger partial charge on any atom is 0.137 e. The van der Waals surface area contributed by atoms with Gasteiger partial charge in [0.25, 0.3) is 0 Å². The molecule has 0 aliphatic rings. The second kappa shape index (κ2) is 7.19. The Morgan fingerprint density at radius 1 is 1.25 bits per heavy atom. The molecule has 0 amide bonds. The van der Waals surface area contributed by atoms with Gasteiger partial charge in [0.15, 0.2) is 0 Å². The van der Waals surface area contributed by atoms with Crippen molar-refractivity contribution in [2.45, 2.75) is 32.6 Å². The molecule has 0 heterocycles. The van der Waals surface area contributed by atoms with Crippen molar-refractivity contribution in [1.29, 1.82) is 0 Å². The second-order valence-corrected chi connectivity index (χ2v) is 3.98. The summed E-state index contributed by atoms with van der Waals surface area (Å²) in [5.74, 6) is 7.02. The van der Waals surface area contributed by atoms with E-state index in [0.29, 0.717) is 5.02 Å². The molecule has 0 saturated heterocycles. The average Bonchev–Trinajstić information content (AvgIpc) is 2.29. The summed E-state index contributed by atoms with van der Waals surface area (Å²) < 4.78 is 5.10. The third-order valence-electron chi connectivity index (χ3n) is 2.25. The van der Waals surface area contributed by atoms with E-state index in [1.807, 2.05) is 18.2 Å². The van der Waals surface area contributed by atoms with Crippen molar-refractivity contribution in [3.63, 3.8) is 0 Å². The van der Waals surface area contributed by atoms with Crippen LogP contribution in [0.2, 0.25) is 5.02 Å². The molecule has 1 aromatic carbocycles. The highest BCUT2D eigenvalue weighted by Crippen LogP contribution is 2.25. The summed E-state index contributed by atoms with van der Waals surface area (Å²) in [5, 5.41) is 0.668. The Morgan fingerprint density at radius 3 is 2.62 bits per heavy atom. The van der Waals surface area contributed by atoms with Crippen molar-refractivity contribution < 1.29 is 4.74 Å². The minimum atomic E-state index is 0.668. The molecular weight excluding hydrogens is 220 g/mol. The first-order valence-electron chi connectivity index (χ1n) is 5.56. The Hall–Kier alpha value is -1.13. The number of hydrogen-bond acceptors (Lipinski definition) is 1. The lowest BCUT2D eigenvalue weighted by atomic mass is 10.1. The van der Waals surface area contributed by atoms with Crippen molar-refractivity contribution in [2.24, 2.45) is 0 Å². The van der Waals surface area contributed by atoms with Crippen LogP contribution in [0.25, 0.3) is 0 Å². The Bertz CT molecular complexity index is 387. The molecule has 0 atom stereocenters. The van der Waals surface area contributed by atoms with Crippen LogP contribution in [0.15, 0.2) is 18.2 Å². The smallest absolute Gasteiger partial charge is 0.137 e. The van der Waals surface area contributed by atoms with E-state index in [2.05, 4.69) is 18.8 Å². The van der Waals surface area contributed by atoms with Crippen molar-refractivity contribution in [2.75, 3.05) is 7.11 Å². The van der Waals surface area contributed by atoms with Gasteiger partial charge in [-0.2, -0.15) is 0 Å². The minimum Gasteiger partial charge on any atom is -0.495 e. The SMILES string of the molecule is CCCC#CCCc1ccc(OC)c(Cl)c1. The number of rotatable bonds is 4. The van der Waals surface area contributed by atoms with Gasteiger partial charge in [0.05, 0.1) is 12.1 Å². The molecule has 1 rings (SSSR count). The van der Waals surface area contributed by atoms with Gasteiger partial charge in [0.2, 0.25) is 0 Å². The minimum absolute atomic E-state index is 0.668. The summed E-state index contributed by atoms with van der Waals surface area (Å²) in [4.78, 5) is 0. The van der Waals surface area contributed by atoms with Crippen LogP contribution in [-0.2, 0) is 6.42 Å². The van der Waals surface area contributed by atoms with E-state index in [1.165, 1.54) is 5.56 Å². The first-order chi connectivity index (χ1) is 7.77. The molecule has 0 radical (unpaired) electrons. The van der Waals surface area contributed by atoms with E-state index >= 15 is 0 Å². The maximum absolute atomic E-state index is 6.03. The fourth-order valence-corrected chi connectivity index (χ4v) is 1.65. The fourth-order valence-electron chi connectivity index (χ4n) is 1.37. The predicted molar refractivity (Wildman–Crippen MR) is 69.0 cm³/mol. The van der Waals surface area contributed by atoms with E-state index < -0.39 is 0 Å². The van der Waals surface area contributed by atoms with Gasteiger partial charge in [0.1, 0.15) is 5.75 Å². The Labute approximate surface area is 103 Å². The van der Waals surface area contributed by atoms with Gasteiger partial charge < -0.3 is 4.74 Å². The van der Waals surface area contributed by atoms with Crippen molar-refractivity contribution in [3.05, 3.63) is 28.8 Å². The molecule has 1 nitrogen and oxygen atoms in total. The Morgan fingerprint density at radius 2 is 2.00 bits per heavy atom. The topological polar surface area (TPSA) is 9.23 Å². The molecule has 0 fully saturated rings. The number of benzene rings is 1. The van der Waals surface area contributed by atoms with Crippen molar-refractivity contribution in [1.82, 2.24) is 0 Å². The number of methoxy groups -OCH3 is 1. The molecule has 0 spiro atoms. The van der Waals surface area contributed by atoms with Gasteiger partial charge in [-0.25, -0.2) is 0 Å². The van der Waals surface area contributed by atoms with Crippen LogP contribution in [0, 0.1) is 11.8 Å². The zero-order valence-electron chi connectivity index (χ0n) is 9.85. The number of ether oxygens (including phenoxy) is 1. The van der Waals surface area contributed by atoms with Crippen LogP contribution in [0.4, 0.5) is 0 Å². The fraction of sp³-hybridized carbons (Fsp3) is 0.429. The monoisotopic (exact) mass is 236 g/mol.